The predicted molar refractivity (Wildman–Crippen MR) is 112 cm³/mol. The van der Waals surface area contributed by atoms with Crippen molar-refractivity contribution >= 4 is 17.5 Å². The minimum absolute atomic E-state index is 0.0705. The lowest BCUT2D eigenvalue weighted by Gasteiger charge is -2.42. The molecule has 3 N–H and O–H groups in total. The van der Waals surface area contributed by atoms with Gasteiger partial charge in [0, 0.05) is 25.9 Å². The topological polar surface area (TPSA) is 108 Å². The number of anilines is 3. The molecule has 0 aromatic carbocycles. The fraction of sp³-hybridized carbons (Fsp3) is 0.600. The number of hydrogen-bond acceptors (Lipinski definition) is 9. The second kappa shape index (κ2) is 8.23. The number of nitrogens with zero attached hydrogens (tertiary/aromatic N) is 5. The van der Waals surface area contributed by atoms with Crippen LogP contribution in [-0.2, 0) is 6.18 Å². The van der Waals surface area contributed by atoms with Gasteiger partial charge in [0.05, 0.1) is 24.1 Å². The zero-order valence-electron chi connectivity index (χ0n) is 18.2. The van der Waals surface area contributed by atoms with Crippen molar-refractivity contribution < 1.29 is 23.0 Å². The number of hydrogen-bond donors (Lipinski definition) is 3. The van der Waals surface area contributed by atoms with Gasteiger partial charge in [0.25, 0.3) is 0 Å². The van der Waals surface area contributed by atoms with E-state index < -0.39 is 18.2 Å². The Morgan fingerprint density at radius 1 is 1.22 bits per heavy atom. The molecular formula is C20H26F3N7O2. The fourth-order valence-electron chi connectivity index (χ4n) is 4.12. The molecule has 1 aliphatic carbocycles. The maximum atomic E-state index is 12.6. The maximum Gasteiger partial charge on any atom is 0.451 e. The standard InChI is InChI=1S/C20H26F3N7O2/c1-9(2)15-17(31)28-14-10(3)26-19(29-16(14)30(15)4)27-11-5-12(6-11)32-13-7-24-18(25-8-13)20(21,22)23/h7-9,11-12,15,17,28,31H,5-6H2,1-4H3,(H,26,27,29)/t11?,12?,15-,17?/m0/s1. The van der Waals surface area contributed by atoms with E-state index in [4.69, 9.17) is 4.74 Å². The first-order valence-electron chi connectivity index (χ1n) is 10.4. The Labute approximate surface area is 183 Å². The van der Waals surface area contributed by atoms with E-state index in [0.29, 0.717) is 24.5 Å². The number of fused-ring (bicyclic) bond motifs is 1. The van der Waals surface area contributed by atoms with Crippen LogP contribution in [0.1, 0.15) is 38.2 Å². The van der Waals surface area contributed by atoms with Gasteiger partial charge in [-0.3, -0.25) is 0 Å². The lowest BCUT2D eigenvalue weighted by Crippen LogP contribution is -2.52. The van der Waals surface area contributed by atoms with E-state index >= 15 is 0 Å². The number of rotatable bonds is 5. The van der Waals surface area contributed by atoms with Crippen molar-refractivity contribution in [3.63, 3.8) is 0 Å². The zero-order valence-corrected chi connectivity index (χ0v) is 18.2. The van der Waals surface area contributed by atoms with E-state index in [1.165, 1.54) is 0 Å². The van der Waals surface area contributed by atoms with Crippen LogP contribution >= 0.6 is 0 Å². The normalized spacial score (nSPS) is 25.1. The van der Waals surface area contributed by atoms with Gasteiger partial charge in [-0.15, -0.1) is 0 Å². The van der Waals surface area contributed by atoms with Crippen molar-refractivity contribution in [1.29, 1.82) is 0 Å². The fourth-order valence-corrected chi connectivity index (χ4v) is 4.12. The summed E-state index contributed by atoms with van der Waals surface area (Å²) in [5, 5.41) is 16.8. The molecule has 2 aromatic rings. The summed E-state index contributed by atoms with van der Waals surface area (Å²) in [5.41, 5.74) is 1.43. The van der Waals surface area contributed by atoms with E-state index in [0.717, 1.165) is 23.9 Å². The number of aliphatic hydroxyl groups excluding tert-OH is 1. The highest BCUT2D eigenvalue weighted by molar-refractivity contribution is 5.72. The van der Waals surface area contributed by atoms with Gasteiger partial charge >= 0.3 is 6.18 Å². The third-order valence-corrected chi connectivity index (χ3v) is 5.76. The van der Waals surface area contributed by atoms with Crippen LogP contribution in [0.25, 0.3) is 0 Å². The number of halogens is 3. The van der Waals surface area contributed by atoms with Crippen LogP contribution in [-0.4, -0.2) is 56.5 Å². The highest BCUT2D eigenvalue weighted by Crippen LogP contribution is 2.36. The zero-order chi connectivity index (χ0) is 23.2. The summed E-state index contributed by atoms with van der Waals surface area (Å²) >= 11 is 0. The minimum atomic E-state index is -4.58. The molecule has 0 amide bonds. The summed E-state index contributed by atoms with van der Waals surface area (Å²) in [4.78, 5) is 17.7. The van der Waals surface area contributed by atoms with Gasteiger partial charge in [-0.05, 0) is 12.8 Å². The van der Waals surface area contributed by atoms with Gasteiger partial charge in [0.15, 0.2) is 11.6 Å². The van der Waals surface area contributed by atoms with E-state index in [9.17, 15) is 18.3 Å². The van der Waals surface area contributed by atoms with Crippen LogP contribution in [0.5, 0.6) is 5.75 Å². The Morgan fingerprint density at radius 3 is 2.47 bits per heavy atom. The second-order valence-corrected chi connectivity index (χ2v) is 8.56. The summed E-state index contributed by atoms with van der Waals surface area (Å²) in [6.07, 6.45) is -2.09. The molecule has 1 unspecified atom stereocenters. The maximum absolute atomic E-state index is 12.6. The van der Waals surface area contributed by atoms with E-state index in [2.05, 4.69) is 30.6 Å². The third-order valence-electron chi connectivity index (χ3n) is 5.76. The molecule has 0 bridgehead atoms. The predicted octanol–water partition coefficient (Wildman–Crippen LogP) is 2.82. The summed E-state index contributed by atoms with van der Waals surface area (Å²) in [6, 6.07) is -0.0572. The van der Waals surface area contributed by atoms with Crippen molar-refractivity contribution in [3.05, 3.63) is 23.9 Å². The number of likely N-dealkylation sites (N-methyl/N-ethyl adjacent to an activating group) is 1. The van der Waals surface area contributed by atoms with Crippen molar-refractivity contribution in [2.75, 3.05) is 22.6 Å². The minimum Gasteiger partial charge on any atom is -0.487 e. The molecule has 174 valence electrons. The smallest absolute Gasteiger partial charge is 0.451 e. The van der Waals surface area contributed by atoms with Crippen LogP contribution in [0.4, 0.5) is 30.6 Å². The van der Waals surface area contributed by atoms with Crippen molar-refractivity contribution in [2.24, 2.45) is 5.92 Å². The number of aryl methyl sites for hydroxylation is 1. The van der Waals surface area contributed by atoms with E-state index in [1.807, 2.05) is 32.7 Å². The average Bonchev–Trinajstić information content (AvgIpc) is 2.67. The van der Waals surface area contributed by atoms with Gasteiger partial charge < -0.3 is 25.4 Å². The first-order chi connectivity index (χ1) is 15.0. The molecule has 4 rings (SSSR count). The van der Waals surface area contributed by atoms with Gasteiger partial charge in [-0.2, -0.15) is 18.2 Å². The Balaban J connectivity index is 1.37. The lowest BCUT2D eigenvalue weighted by atomic mass is 9.89. The van der Waals surface area contributed by atoms with Gasteiger partial charge in [-0.1, -0.05) is 13.8 Å². The van der Waals surface area contributed by atoms with E-state index in [-0.39, 0.29) is 29.9 Å². The summed E-state index contributed by atoms with van der Waals surface area (Å²) in [5.74, 6) is 0.423. The summed E-state index contributed by atoms with van der Waals surface area (Å²) < 4.78 is 43.3. The summed E-state index contributed by atoms with van der Waals surface area (Å²) in [7, 11) is 1.91. The molecule has 2 aromatic heterocycles. The molecule has 2 aliphatic rings. The van der Waals surface area contributed by atoms with Crippen LogP contribution in [0.2, 0.25) is 0 Å². The number of ether oxygens (including phenoxy) is 1. The van der Waals surface area contributed by atoms with Crippen molar-refractivity contribution in [1.82, 2.24) is 19.9 Å². The Hall–Kier alpha value is -2.89. The Kier molecular flexibility index (Phi) is 5.74. The van der Waals surface area contributed by atoms with Crippen LogP contribution in [0, 0.1) is 12.8 Å². The highest BCUT2D eigenvalue weighted by Gasteiger charge is 2.37. The Morgan fingerprint density at radius 2 is 1.88 bits per heavy atom. The number of nitrogens with one attached hydrogen (secondary N) is 2. The Bertz CT molecular complexity index is 965. The number of alkyl halides is 3. The molecular weight excluding hydrogens is 427 g/mol. The molecule has 9 nitrogen and oxygen atoms in total. The van der Waals surface area contributed by atoms with E-state index in [1.54, 1.807) is 0 Å². The van der Waals surface area contributed by atoms with Crippen LogP contribution < -0.4 is 20.3 Å². The largest absolute Gasteiger partial charge is 0.487 e. The molecule has 32 heavy (non-hydrogen) atoms. The average molecular weight is 453 g/mol. The molecule has 1 saturated carbocycles. The molecule has 2 atom stereocenters. The van der Waals surface area contributed by atoms with Gasteiger partial charge in [0.1, 0.15) is 18.0 Å². The molecule has 0 saturated heterocycles. The molecule has 1 fully saturated rings. The summed E-state index contributed by atoms with van der Waals surface area (Å²) in [6.45, 7) is 5.94. The molecule has 3 heterocycles. The van der Waals surface area contributed by atoms with Gasteiger partial charge in [0.2, 0.25) is 11.8 Å². The molecule has 12 heteroatoms. The van der Waals surface area contributed by atoms with Gasteiger partial charge in [-0.25, -0.2) is 15.0 Å². The highest BCUT2D eigenvalue weighted by atomic mass is 19.4. The quantitative estimate of drug-likeness (QED) is 0.630. The SMILES string of the molecule is Cc1nc(NC2CC(Oc3cnc(C(F)(F)F)nc3)C2)nc2c1NC(O)[C@H](C(C)C)N2C. The lowest BCUT2D eigenvalue weighted by molar-refractivity contribution is -0.145. The number of aromatic nitrogens is 4. The molecule has 0 radical (unpaired) electrons. The van der Waals surface area contributed by atoms with Crippen molar-refractivity contribution in [3.8, 4) is 5.75 Å². The molecule has 0 spiro atoms. The number of aliphatic hydroxyl groups is 1. The first-order valence-corrected chi connectivity index (χ1v) is 10.4. The first kappa shape index (κ1) is 22.3. The van der Waals surface area contributed by atoms with Crippen molar-refractivity contribution in [2.45, 2.75) is 64.2 Å². The second-order valence-electron chi connectivity index (χ2n) is 8.56. The monoisotopic (exact) mass is 453 g/mol. The molecule has 1 aliphatic heterocycles. The van der Waals surface area contributed by atoms with Crippen LogP contribution in [0.3, 0.4) is 0 Å². The van der Waals surface area contributed by atoms with Crippen LogP contribution in [0.15, 0.2) is 12.4 Å². The third kappa shape index (κ3) is 4.36.